The number of rotatable bonds is 4. The average Bonchev–Trinajstić information content (AvgIpc) is 2.76. The minimum absolute atomic E-state index is 0. The van der Waals surface area contributed by atoms with Gasteiger partial charge in [-0.05, 0) is 31.5 Å². The number of anilines is 1. The second-order valence-electron chi connectivity index (χ2n) is 4.66. The summed E-state index contributed by atoms with van der Waals surface area (Å²) in [5.41, 5.74) is 8.59. The normalized spacial score (nSPS) is 13.6. The van der Waals surface area contributed by atoms with Crippen LogP contribution in [0.1, 0.15) is 26.7 Å². The minimum Gasteiger partial charge on any atom is -0.324 e. The molecule has 2 aromatic rings. The summed E-state index contributed by atoms with van der Waals surface area (Å²) in [6, 6.07) is 5.70. The van der Waals surface area contributed by atoms with Crippen molar-refractivity contribution in [3.05, 3.63) is 23.7 Å². The fraction of sp³-hybridized carbons (Fsp3) is 0.385. The van der Waals surface area contributed by atoms with Gasteiger partial charge in [0.1, 0.15) is 0 Å². The van der Waals surface area contributed by atoms with Gasteiger partial charge in [-0.15, -0.1) is 23.7 Å². The second kappa shape index (κ2) is 6.32. The van der Waals surface area contributed by atoms with Crippen LogP contribution in [0.15, 0.2) is 23.7 Å². The average molecular weight is 300 g/mol. The third-order valence-electron chi connectivity index (χ3n) is 2.88. The van der Waals surface area contributed by atoms with Gasteiger partial charge in [-0.2, -0.15) is 0 Å². The SMILES string of the molecule is CCCC(C)(N)C(=O)Nc1ccc2scnc2c1.Cl. The van der Waals surface area contributed by atoms with Crippen LogP contribution in [0.3, 0.4) is 0 Å². The summed E-state index contributed by atoms with van der Waals surface area (Å²) in [6.07, 6.45) is 1.54. The van der Waals surface area contributed by atoms with Crippen molar-refractivity contribution in [2.24, 2.45) is 5.73 Å². The Kier molecular flexibility index (Phi) is 5.29. The zero-order chi connectivity index (χ0) is 13.2. The lowest BCUT2D eigenvalue weighted by Gasteiger charge is -2.22. The highest BCUT2D eigenvalue weighted by Crippen LogP contribution is 2.22. The van der Waals surface area contributed by atoms with Gasteiger partial charge in [0.15, 0.2) is 0 Å². The molecular formula is C13H18ClN3OS. The summed E-state index contributed by atoms with van der Waals surface area (Å²) in [5.74, 6) is -0.154. The highest BCUT2D eigenvalue weighted by molar-refractivity contribution is 7.16. The minimum atomic E-state index is -0.828. The van der Waals surface area contributed by atoms with Crippen LogP contribution in [-0.2, 0) is 4.79 Å². The first-order valence-electron chi connectivity index (χ1n) is 5.96. The number of hydrogen-bond acceptors (Lipinski definition) is 4. The number of fused-ring (bicyclic) bond motifs is 1. The van der Waals surface area contributed by atoms with Gasteiger partial charge in [-0.25, -0.2) is 4.98 Å². The molecule has 0 saturated carbocycles. The molecule has 4 nitrogen and oxygen atoms in total. The molecule has 1 heterocycles. The third-order valence-corrected chi connectivity index (χ3v) is 3.69. The number of benzene rings is 1. The van der Waals surface area contributed by atoms with E-state index in [0.717, 1.165) is 22.3 Å². The Labute approximate surface area is 122 Å². The smallest absolute Gasteiger partial charge is 0.244 e. The summed E-state index contributed by atoms with van der Waals surface area (Å²) >= 11 is 1.58. The Balaban J connectivity index is 0.00000180. The van der Waals surface area contributed by atoms with E-state index in [0.29, 0.717) is 6.42 Å². The molecular weight excluding hydrogens is 282 g/mol. The van der Waals surface area contributed by atoms with Crippen LogP contribution in [-0.4, -0.2) is 16.4 Å². The first-order valence-corrected chi connectivity index (χ1v) is 6.84. The maximum atomic E-state index is 12.0. The summed E-state index contributed by atoms with van der Waals surface area (Å²) in [7, 11) is 0. The van der Waals surface area contributed by atoms with Crippen molar-refractivity contribution in [3.63, 3.8) is 0 Å². The molecule has 19 heavy (non-hydrogen) atoms. The molecule has 6 heteroatoms. The van der Waals surface area contributed by atoms with Gasteiger partial charge in [0.25, 0.3) is 0 Å². The number of hydrogen-bond donors (Lipinski definition) is 2. The molecule has 0 aliphatic rings. The molecule has 1 amide bonds. The second-order valence-corrected chi connectivity index (χ2v) is 5.54. The van der Waals surface area contributed by atoms with Crippen molar-refractivity contribution in [1.82, 2.24) is 4.98 Å². The van der Waals surface area contributed by atoms with E-state index < -0.39 is 5.54 Å². The number of nitrogens with two attached hydrogens (primary N) is 1. The van der Waals surface area contributed by atoms with Crippen molar-refractivity contribution < 1.29 is 4.79 Å². The van der Waals surface area contributed by atoms with Crippen LogP contribution in [0, 0.1) is 0 Å². The van der Waals surface area contributed by atoms with Crippen LogP contribution in [0.4, 0.5) is 5.69 Å². The van der Waals surface area contributed by atoms with Gasteiger partial charge in [0.05, 0.1) is 21.3 Å². The van der Waals surface area contributed by atoms with E-state index in [1.165, 1.54) is 0 Å². The molecule has 0 radical (unpaired) electrons. The number of thiazole rings is 1. The lowest BCUT2D eigenvalue weighted by Crippen LogP contribution is -2.48. The number of aromatic nitrogens is 1. The number of carbonyl (C=O) groups is 1. The Bertz CT molecular complexity index is 568. The van der Waals surface area contributed by atoms with Crippen molar-refractivity contribution >= 4 is 45.6 Å². The molecule has 0 fully saturated rings. The molecule has 0 saturated heterocycles. The van der Waals surface area contributed by atoms with E-state index in [1.807, 2.05) is 25.1 Å². The predicted molar refractivity (Wildman–Crippen MR) is 83.0 cm³/mol. The van der Waals surface area contributed by atoms with Gasteiger partial charge in [-0.1, -0.05) is 13.3 Å². The Hall–Kier alpha value is -1.17. The third kappa shape index (κ3) is 3.65. The van der Waals surface area contributed by atoms with Crippen LogP contribution in [0.25, 0.3) is 10.2 Å². The summed E-state index contributed by atoms with van der Waals surface area (Å²) in [5, 5.41) is 2.85. The Morgan fingerprint density at radius 2 is 2.26 bits per heavy atom. The lowest BCUT2D eigenvalue weighted by atomic mass is 9.96. The number of nitrogens with one attached hydrogen (secondary N) is 1. The quantitative estimate of drug-likeness (QED) is 0.911. The number of amides is 1. The maximum absolute atomic E-state index is 12.0. The Morgan fingerprint density at radius 3 is 2.95 bits per heavy atom. The largest absolute Gasteiger partial charge is 0.324 e. The maximum Gasteiger partial charge on any atom is 0.244 e. The van der Waals surface area contributed by atoms with Gasteiger partial charge in [0.2, 0.25) is 5.91 Å². The zero-order valence-corrected chi connectivity index (χ0v) is 12.6. The molecule has 3 N–H and O–H groups in total. The fourth-order valence-corrected chi connectivity index (χ4v) is 2.50. The predicted octanol–water partition coefficient (Wildman–Crippen LogP) is 3.17. The van der Waals surface area contributed by atoms with Crippen molar-refractivity contribution in [2.45, 2.75) is 32.2 Å². The van der Waals surface area contributed by atoms with E-state index in [-0.39, 0.29) is 18.3 Å². The molecule has 0 aliphatic heterocycles. The molecule has 104 valence electrons. The van der Waals surface area contributed by atoms with Gasteiger partial charge in [0, 0.05) is 5.69 Å². The Morgan fingerprint density at radius 1 is 1.53 bits per heavy atom. The molecule has 1 atom stereocenters. The topological polar surface area (TPSA) is 68.0 Å². The molecule has 1 aromatic heterocycles. The molecule has 0 bridgehead atoms. The van der Waals surface area contributed by atoms with Crippen LogP contribution >= 0.6 is 23.7 Å². The summed E-state index contributed by atoms with van der Waals surface area (Å²) in [6.45, 7) is 3.77. The van der Waals surface area contributed by atoms with Crippen LogP contribution in [0.5, 0.6) is 0 Å². The van der Waals surface area contributed by atoms with E-state index in [1.54, 1.807) is 23.8 Å². The van der Waals surface area contributed by atoms with Gasteiger partial charge in [-0.3, -0.25) is 4.79 Å². The highest BCUT2D eigenvalue weighted by Gasteiger charge is 2.27. The van der Waals surface area contributed by atoms with Crippen LogP contribution < -0.4 is 11.1 Å². The van der Waals surface area contributed by atoms with E-state index in [4.69, 9.17) is 5.73 Å². The van der Waals surface area contributed by atoms with E-state index in [9.17, 15) is 4.79 Å². The number of carbonyl (C=O) groups excluding carboxylic acids is 1. The highest BCUT2D eigenvalue weighted by atomic mass is 35.5. The number of halogens is 1. The van der Waals surface area contributed by atoms with Gasteiger partial charge >= 0.3 is 0 Å². The van der Waals surface area contributed by atoms with Crippen molar-refractivity contribution in [1.29, 1.82) is 0 Å². The van der Waals surface area contributed by atoms with Crippen molar-refractivity contribution in [3.8, 4) is 0 Å². The summed E-state index contributed by atoms with van der Waals surface area (Å²) < 4.78 is 1.11. The standard InChI is InChI=1S/C13H17N3OS.ClH/c1-3-6-13(2,14)12(17)16-9-4-5-11-10(7-9)15-8-18-11;/h4-5,7-8H,3,6,14H2,1-2H3,(H,16,17);1H. The fourth-order valence-electron chi connectivity index (χ4n) is 1.84. The monoisotopic (exact) mass is 299 g/mol. The number of nitrogens with zero attached hydrogens (tertiary/aromatic N) is 1. The van der Waals surface area contributed by atoms with Crippen molar-refractivity contribution in [2.75, 3.05) is 5.32 Å². The van der Waals surface area contributed by atoms with E-state index >= 15 is 0 Å². The lowest BCUT2D eigenvalue weighted by molar-refractivity contribution is -0.120. The molecule has 1 aromatic carbocycles. The molecule has 0 spiro atoms. The van der Waals surface area contributed by atoms with Gasteiger partial charge < -0.3 is 11.1 Å². The first kappa shape index (κ1) is 15.9. The molecule has 2 rings (SSSR count). The molecule has 1 unspecified atom stereocenters. The zero-order valence-electron chi connectivity index (χ0n) is 11.0. The molecule has 0 aliphatic carbocycles. The van der Waals surface area contributed by atoms with Crippen LogP contribution in [0.2, 0.25) is 0 Å². The first-order chi connectivity index (χ1) is 8.53. The summed E-state index contributed by atoms with van der Waals surface area (Å²) in [4.78, 5) is 16.3. The van der Waals surface area contributed by atoms with E-state index in [2.05, 4.69) is 10.3 Å².